The van der Waals surface area contributed by atoms with E-state index in [1.54, 1.807) is 36.4 Å². The third kappa shape index (κ3) is 3.59. The smallest absolute Gasteiger partial charge is 0.256 e. The van der Waals surface area contributed by atoms with Crippen molar-refractivity contribution in [3.8, 4) is 0 Å². The number of hydrogen-bond donors (Lipinski definition) is 1. The molecular formula is C24H20FNO4S. The first-order valence-electron chi connectivity index (χ1n) is 10.2. The zero-order valence-corrected chi connectivity index (χ0v) is 17.5. The first-order valence-corrected chi connectivity index (χ1v) is 11.8. The molecule has 2 aliphatic rings. The number of nitrogens with one attached hydrogen (secondary N) is 1. The van der Waals surface area contributed by atoms with E-state index in [9.17, 15) is 17.6 Å². The van der Waals surface area contributed by atoms with Crippen molar-refractivity contribution in [2.45, 2.75) is 36.3 Å². The molecule has 3 aromatic rings. The molecule has 1 amide bonds. The summed E-state index contributed by atoms with van der Waals surface area (Å²) in [6.45, 7) is 0. The summed E-state index contributed by atoms with van der Waals surface area (Å²) in [5, 5.41) is 2.66. The maximum absolute atomic E-state index is 13.6. The van der Waals surface area contributed by atoms with Crippen molar-refractivity contribution in [1.29, 1.82) is 0 Å². The van der Waals surface area contributed by atoms with Gasteiger partial charge in [0.1, 0.15) is 17.3 Å². The predicted molar refractivity (Wildman–Crippen MR) is 116 cm³/mol. The molecule has 0 saturated carbocycles. The van der Waals surface area contributed by atoms with Crippen LogP contribution in [0.25, 0.3) is 11.6 Å². The Morgan fingerprint density at radius 3 is 2.65 bits per heavy atom. The topological polar surface area (TPSA) is 76.4 Å². The van der Waals surface area contributed by atoms with E-state index in [0.29, 0.717) is 28.1 Å². The zero-order valence-electron chi connectivity index (χ0n) is 16.7. The SMILES string of the molecule is O=C1Nc2cc(F)ccc2C1=Cc1oc2c(c1CS(=O)(=O)c1ccccc1)CCCC2. The molecule has 1 aliphatic heterocycles. The number of carbonyl (C=O) groups excluding carboxylic acids is 1. The number of aryl methyl sites for hydroxylation is 1. The first-order chi connectivity index (χ1) is 14.9. The van der Waals surface area contributed by atoms with Gasteiger partial charge in [-0.1, -0.05) is 18.2 Å². The minimum atomic E-state index is -3.59. The van der Waals surface area contributed by atoms with E-state index >= 15 is 0 Å². The Hall–Kier alpha value is -3.19. The number of halogens is 1. The number of benzene rings is 2. The van der Waals surface area contributed by atoms with Crippen molar-refractivity contribution in [2.24, 2.45) is 0 Å². The van der Waals surface area contributed by atoms with Gasteiger partial charge in [0.15, 0.2) is 9.84 Å². The van der Waals surface area contributed by atoms with Crippen molar-refractivity contribution in [1.82, 2.24) is 0 Å². The number of carbonyl (C=O) groups is 1. The monoisotopic (exact) mass is 437 g/mol. The quantitative estimate of drug-likeness (QED) is 0.597. The van der Waals surface area contributed by atoms with E-state index in [2.05, 4.69) is 5.32 Å². The second-order valence-electron chi connectivity index (χ2n) is 7.83. The molecule has 2 aromatic carbocycles. The van der Waals surface area contributed by atoms with Crippen LogP contribution >= 0.6 is 0 Å². The summed E-state index contributed by atoms with van der Waals surface area (Å²) in [5.74, 6) is 0.158. The van der Waals surface area contributed by atoms with Crippen LogP contribution in [0.1, 0.15) is 41.1 Å². The van der Waals surface area contributed by atoms with Crippen LogP contribution in [0, 0.1) is 5.82 Å². The van der Waals surface area contributed by atoms with E-state index in [4.69, 9.17) is 4.42 Å². The molecule has 31 heavy (non-hydrogen) atoms. The Kier molecular flexibility index (Phi) is 4.78. The van der Waals surface area contributed by atoms with Crippen LogP contribution in [0.4, 0.5) is 10.1 Å². The second-order valence-corrected chi connectivity index (χ2v) is 9.82. The lowest BCUT2D eigenvalue weighted by atomic mass is 9.95. The maximum Gasteiger partial charge on any atom is 0.256 e. The molecule has 0 unspecified atom stereocenters. The van der Waals surface area contributed by atoms with Crippen LogP contribution in [0.2, 0.25) is 0 Å². The van der Waals surface area contributed by atoms with E-state index in [0.717, 1.165) is 37.0 Å². The van der Waals surface area contributed by atoms with Gasteiger partial charge in [0.2, 0.25) is 0 Å². The van der Waals surface area contributed by atoms with E-state index in [-0.39, 0.29) is 16.6 Å². The van der Waals surface area contributed by atoms with Gasteiger partial charge in [0.05, 0.1) is 21.9 Å². The van der Waals surface area contributed by atoms with Crippen LogP contribution in [0.3, 0.4) is 0 Å². The molecule has 0 saturated heterocycles. The third-order valence-corrected chi connectivity index (χ3v) is 7.45. The minimum Gasteiger partial charge on any atom is -0.461 e. The summed E-state index contributed by atoms with van der Waals surface area (Å²) in [6, 6.07) is 12.4. The number of rotatable bonds is 4. The fourth-order valence-corrected chi connectivity index (χ4v) is 5.70. The van der Waals surface area contributed by atoms with Gasteiger partial charge < -0.3 is 9.73 Å². The zero-order chi connectivity index (χ0) is 21.6. The average Bonchev–Trinajstić information content (AvgIpc) is 3.25. The molecule has 0 bridgehead atoms. The lowest BCUT2D eigenvalue weighted by molar-refractivity contribution is -0.110. The van der Waals surface area contributed by atoms with E-state index < -0.39 is 15.7 Å². The Bertz CT molecular complexity index is 1320. The van der Waals surface area contributed by atoms with Gasteiger partial charge in [0.25, 0.3) is 5.91 Å². The fourth-order valence-electron chi connectivity index (χ4n) is 4.27. The third-order valence-electron chi connectivity index (χ3n) is 5.79. The van der Waals surface area contributed by atoms with Gasteiger partial charge in [-0.25, -0.2) is 12.8 Å². The summed E-state index contributed by atoms with van der Waals surface area (Å²) in [4.78, 5) is 12.8. The number of sulfone groups is 1. The number of anilines is 1. The van der Waals surface area contributed by atoms with E-state index in [1.807, 2.05) is 0 Å². The summed E-state index contributed by atoms with van der Waals surface area (Å²) in [6.07, 6.45) is 5.02. The lowest BCUT2D eigenvalue weighted by Gasteiger charge is -2.11. The Morgan fingerprint density at radius 2 is 1.84 bits per heavy atom. The normalized spacial score (nSPS) is 16.8. The number of amides is 1. The molecule has 5 rings (SSSR count). The van der Waals surface area contributed by atoms with Gasteiger partial charge in [-0.05, 0) is 61.2 Å². The van der Waals surface area contributed by atoms with Gasteiger partial charge in [-0.15, -0.1) is 0 Å². The van der Waals surface area contributed by atoms with Crippen molar-refractivity contribution in [2.75, 3.05) is 5.32 Å². The highest BCUT2D eigenvalue weighted by atomic mass is 32.2. The van der Waals surface area contributed by atoms with Gasteiger partial charge in [0, 0.05) is 17.5 Å². The fraction of sp³-hybridized carbons (Fsp3) is 0.208. The Labute approximate surface area is 179 Å². The Balaban J connectivity index is 1.62. The lowest BCUT2D eigenvalue weighted by Crippen LogP contribution is -2.09. The first kappa shape index (κ1) is 19.8. The minimum absolute atomic E-state index is 0.202. The largest absolute Gasteiger partial charge is 0.461 e. The standard InChI is InChI=1S/C24H20FNO4S/c25-15-10-11-17-19(24(27)26-21(17)12-15)13-23-20(18-8-4-5-9-22(18)30-23)14-31(28,29)16-6-2-1-3-7-16/h1-3,6-7,10-13H,4-5,8-9,14H2,(H,26,27). The van der Waals surface area contributed by atoms with Gasteiger partial charge in [-0.2, -0.15) is 0 Å². The Morgan fingerprint density at radius 1 is 1.06 bits per heavy atom. The van der Waals surface area contributed by atoms with Crippen LogP contribution in [0.15, 0.2) is 57.8 Å². The number of fused-ring (bicyclic) bond motifs is 2. The molecule has 1 aromatic heterocycles. The molecule has 0 radical (unpaired) electrons. The molecule has 2 heterocycles. The van der Waals surface area contributed by atoms with Gasteiger partial charge in [-0.3, -0.25) is 4.79 Å². The molecule has 0 fully saturated rings. The highest BCUT2D eigenvalue weighted by molar-refractivity contribution is 7.90. The molecule has 0 spiro atoms. The number of hydrogen-bond acceptors (Lipinski definition) is 4. The van der Waals surface area contributed by atoms with Crippen molar-refractivity contribution >= 4 is 33.1 Å². The van der Waals surface area contributed by atoms with Crippen LogP contribution in [0.5, 0.6) is 0 Å². The molecular weight excluding hydrogens is 417 g/mol. The molecule has 158 valence electrons. The maximum atomic E-state index is 13.6. The predicted octanol–water partition coefficient (Wildman–Crippen LogP) is 4.76. The van der Waals surface area contributed by atoms with Crippen molar-refractivity contribution in [3.05, 3.63) is 82.6 Å². The van der Waals surface area contributed by atoms with Crippen molar-refractivity contribution < 1.29 is 22.0 Å². The number of furan rings is 1. The van der Waals surface area contributed by atoms with E-state index in [1.165, 1.54) is 18.2 Å². The summed E-state index contributed by atoms with van der Waals surface area (Å²) in [7, 11) is -3.59. The van der Waals surface area contributed by atoms with Crippen LogP contribution in [-0.2, 0) is 33.2 Å². The summed E-state index contributed by atoms with van der Waals surface area (Å²) < 4.78 is 45.8. The molecule has 0 atom stereocenters. The van der Waals surface area contributed by atoms with Crippen molar-refractivity contribution in [3.63, 3.8) is 0 Å². The molecule has 1 aliphatic carbocycles. The highest BCUT2D eigenvalue weighted by Gasteiger charge is 2.29. The average molecular weight is 437 g/mol. The highest BCUT2D eigenvalue weighted by Crippen LogP contribution is 2.38. The van der Waals surface area contributed by atoms with Crippen LogP contribution in [-0.4, -0.2) is 14.3 Å². The van der Waals surface area contributed by atoms with Crippen LogP contribution < -0.4 is 5.32 Å². The summed E-state index contributed by atoms with van der Waals surface area (Å²) in [5.41, 5.74) is 2.83. The van der Waals surface area contributed by atoms with Gasteiger partial charge >= 0.3 is 0 Å². The second kappa shape index (κ2) is 7.50. The summed E-state index contributed by atoms with van der Waals surface area (Å²) >= 11 is 0. The molecule has 5 nitrogen and oxygen atoms in total. The molecule has 1 N–H and O–H groups in total. The molecule has 7 heteroatoms.